The van der Waals surface area contributed by atoms with Crippen molar-refractivity contribution < 1.29 is 9.21 Å². The molecule has 5 nitrogen and oxygen atoms in total. The fraction of sp³-hybridized carbons (Fsp3) is 0.474. The van der Waals surface area contributed by atoms with Crippen molar-refractivity contribution in [2.45, 2.75) is 44.2 Å². The molecule has 4 heterocycles. The first kappa shape index (κ1) is 15.4. The minimum absolute atomic E-state index is 0.103. The second-order valence-corrected chi connectivity index (χ2v) is 7.03. The minimum Gasteiger partial charge on any atom is -0.465 e. The molecular weight excluding hydrogens is 302 g/mol. The number of carbonyl (C=O) groups is 1. The number of pyridine rings is 1. The molecule has 2 aliphatic heterocycles. The van der Waals surface area contributed by atoms with E-state index in [1.807, 2.05) is 37.5 Å². The Labute approximate surface area is 142 Å². The monoisotopic (exact) mass is 325 g/mol. The van der Waals surface area contributed by atoms with Crippen LogP contribution in [0.3, 0.4) is 0 Å². The van der Waals surface area contributed by atoms with Gasteiger partial charge in [0.1, 0.15) is 11.5 Å². The number of likely N-dealkylation sites (tertiary alicyclic amines) is 1. The largest absolute Gasteiger partial charge is 0.465 e. The lowest BCUT2D eigenvalue weighted by Gasteiger charge is -2.42. The summed E-state index contributed by atoms with van der Waals surface area (Å²) in [6.45, 7) is 4.77. The first-order chi connectivity index (χ1) is 11.6. The van der Waals surface area contributed by atoms with E-state index in [0.717, 1.165) is 44.0 Å². The summed E-state index contributed by atoms with van der Waals surface area (Å²) in [7, 11) is 0. The first-order valence-corrected chi connectivity index (χ1v) is 8.63. The summed E-state index contributed by atoms with van der Waals surface area (Å²) in [5, 5.41) is 3.30. The van der Waals surface area contributed by atoms with Gasteiger partial charge >= 0.3 is 0 Å². The Morgan fingerprint density at radius 3 is 2.67 bits per heavy atom. The van der Waals surface area contributed by atoms with Crippen molar-refractivity contribution in [1.29, 1.82) is 0 Å². The Morgan fingerprint density at radius 1 is 1.25 bits per heavy atom. The number of nitrogens with one attached hydrogen (secondary N) is 1. The second-order valence-electron chi connectivity index (χ2n) is 7.03. The van der Waals surface area contributed by atoms with Gasteiger partial charge in [0, 0.05) is 43.4 Å². The van der Waals surface area contributed by atoms with Crippen LogP contribution in [0.4, 0.5) is 0 Å². The van der Waals surface area contributed by atoms with Crippen LogP contribution < -0.4 is 5.32 Å². The number of carbonyl (C=O) groups excluding carboxylic acids is 1. The molecule has 2 fully saturated rings. The SMILES string of the molecule is Cc1ccc(CN2CCC3(CC2)NC(=O)CC3c2ccncc2)o1. The van der Waals surface area contributed by atoms with Crippen molar-refractivity contribution in [1.82, 2.24) is 15.2 Å². The molecule has 2 aromatic rings. The maximum atomic E-state index is 12.1. The summed E-state index contributed by atoms with van der Waals surface area (Å²) in [5.74, 6) is 2.40. The zero-order chi connectivity index (χ0) is 16.6. The van der Waals surface area contributed by atoms with Crippen molar-refractivity contribution in [3.05, 3.63) is 53.7 Å². The Hall–Kier alpha value is -2.14. The molecular formula is C19H23N3O2. The van der Waals surface area contributed by atoms with Crippen LogP contribution in [-0.4, -0.2) is 34.4 Å². The molecule has 1 unspecified atom stereocenters. The molecule has 24 heavy (non-hydrogen) atoms. The van der Waals surface area contributed by atoms with Crippen LogP contribution in [0.25, 0.3) is 0 Å². The number of piperidine rings is 1. The van der Waals surface area contributed by atoms with Gasteiger partial charge < -0.3 is 9.73 Å². The van der Waals surface area contributed by atoms with E-state index in [-0.39, 0.29) is 17.4 Å². The molecule has 0 aliphatic carbocycles. The average Bonchev–Trinajstić information content (AvgIpc) is 3.14. The van der Waals surface area contributed by atoms with Gasteiger partial charge in [0.15, 0.2) is 0 Å². The zero-order valence-corrected chi connectivity index (χ0v) is 14.0. The molecule has 1 N–H and O–H groups in total. The van der Waals surface area contributed by atoms with Crippen LogP contribution >= 0.6 is 0 Å². The summed E-state index contributed by atoms with van der Waals surface area (Å²) in [6, 6.07) is 8.16. The van der Waals surface area contributed by atoms with E-state index in [9.17, 15) is 4.79 Å². The molecule has 2 saturated heterocycles. The van der Waals surface area contributed by atoms with Gasteiger partial charge in [-0.15, -0.1) is 0 Å². The molecule has 1 amide bonds. The Kier molecular flexibility index (Phi) is 3.88. The smallest absolute Gasteiger partial charge is 0.221 e. The summed E-state index contributed by atoms with van der Waals surface area (Å²) in [5.41, 5.74) is 1.12. The van der Waals surface area contributed by atoms with Crippen LogP contribution in [0.15, 0.2) is 41.1 Å². The highest BCUT2D eigenvalue weighted by Crippen LogP contribution is 2.43. The topological polar surface area (TPSA) is 58.4 Å². The number of rotatable bonds is 3. The van der Waals surface area contributed by atoms with Gasteiger partial charge in [-0.2, -0.15) is 0 Å². The highest BCUT2D eigenvalue weighted by atomic mass is 16.3. The molecule has 126 valence electrons. The van der Waals surface area contributed by atoms with Crippen LogP contribution in [0.1, 0.15) is 42.3 Å². The van der Waals surface area contributed by atoms with Gasteiger partial charge in [0.05, 0.1) is 6.54 Å². The fourth-order valence-corrected chi connectivity index (χ4v) is 4.20. The van der Waals surface area contributed by atoms with Crippen LogP contribution in [0.5, 0.6) is 0 Å². The highest BCUT2D eigenvalue weighted by Gasteiger charge is 2.48. The quantitative estimate of drug-likeness (QED) is 0.942. The van der Waals surface area contributed by atoms with Gasteiger partial charge in [-0.05, 0) is 49.6 Å². The van der Waals surface area contributed by atoms with E-state index in [1.165, 1.54) is 5.56 Å². The number of aryl methyl sites for hydroxylation is 1. The summed E-state index contributed by atoms with van der Waals surface area (Å²) in [6.07, 6.45) is 6.18. The van der Waals surface area contributed by atoms with E-state index >= 15 is 0 Å². The van der Waals surface area contributed by atoms with Crippen LogP contribution in [-0.2, 0) is 11.3 Å². The fourth-order valence-electron chi connectivity index (χ4n) is 4.20. The van der Waals surface area contributed by atoms with E-state index in [0.29, 0.717) is 6.42 Å². The number of nitrogens with zero attached hydrogens (tertiary/aromatic N) is 2. The van der Waals surface area contributed by atoms with Gasteiger partial charge in [-0.25, -0.2) is 0 Å². The van der Waals surface area contributed by atoms with Crippen molar-refractivity contribution >= 4 is 5.91 Å². The summed E-state index contributed by atoms with van der Waals surface area (Å²) in [4.78, 5) is 18.6. The summed E-state index contributed by atoms with van der Waals surface area (Å²) < 4.78 is 5.69. The number of amides is 1. The third kappa shape index (κ3) is 2.84. The van der Waals surface area contributed by atoms with Crippen molar-refractivity contribution in [2.24, 2.45) is 0 Å². The molecule has 2 aliphatic rings. The first-order valence-electron chi connectivity index (χ1n) is 8.63. The van der Waals surface area contributed by atoms with Crippen LogP contribution in [0.2, 0.25) is 0 Å². The van der Waals surface area contributed by atoms with Gasteiger partial charge in [0.2, 0.25) is 5.91 Å². The maximum Gasteiger partial charge on any atom is 0.221 e. The molecule has 2 aromatic heterocycles. The Balaban J connectivity index is 1.47. The zero-order valence-electron chi connectivity index (χ0n) is 14.0. The van der Waals surface area contributed by atoms with Crippen molar-refractivity contribution in [3.8, 4) is 0 Å². The van der Waals surface area contributed by atoms with Gasteiger partial charge in [0.25, 0.3) is 0 Å². The molecule has 0 saturated carbocycles. The lowest BCUT2D eigenvalue weighted by Crippen LogP contribution is -2.53. The molecule has 0 radical (unpaired) electrons. The molecule has 1 spiro atoms. The number of hydrogen-bond acceptors (Lipinski definition) is 4. The number of aromatic nitrogens is 1. The van der Waals surface area contributed by atoms with Gasteiger partial charge in [-0.3, -0.25) is 14.7 Å². The third-order valence-corrected chi connectivity index (χ3v) is 5.48. The van der Waals surface area contributed by atoms with E-state index in [4.69, 9.17) is 4.42 Å². The predicted molar refractivity (Wildman–Crippen MR) is 90.4 cm³/mol. The lowest BCUT2D eigenvalue weighted by molar-refractivity contribution is -0.120. The Bertz CT molecular complexity index is 717. The summed E-state index contributed by atoms with van der Waals surface area (Å²) >= 11 is 0. The van der Waals surface area contributed by atoms with E-state index in [2.05, 4.69) is 21.3 Å². The van der Waals surface area contributed by atoms with Crippen molar-refractivity contribution in [3.63, 3.8) is 0 Å². The van der Waals surface area contributed by atoms with Crippen molar-refractivity contribution in [2.75, 3.05) is 13.1 Å². The number of furan rings is 1. The van der Waals surface area contributed by atoms with Gasteiger partial charge in [-0.1, -0.05) is 0 Å². The standard InChI is InChI=1S/C19H23N3O2/c1-14-2-3-16(24-14)13-22-10-6-19(7-11-22)17(12-18(23)21-19)15-4-8-20-9-5-15/h2-5,8-9,17H,6-7,10-13H2,1H3,(H,21,23). The van der Waals surface area contributed by atoms with E-state index < -0.39 is 0 Å². The maximum absolute atomic E-state index is 12.1. The number of hydrogen-bond donors (Lipinski definition) is 1. The van der Waals surface area contributed by atoms with E-state index in [1.54, 1.807) is 0 Å². The molecule has 1 atom stereocenters. The molecule has 5 heteroatoms. The average molecular weight is 325 g/mol. The molecule has 0 bridgehead atoms. The Morgan fingerprint density at radius 2 is 2.00 bits per heavy atom. The normalized spacial score (nSPS) is 23.5. The lowest BCUT2D eigenvalue weighted by atomic mass is 9.74. The molecule has 4 rings (SSSR count). The highest BCUT2D eigenvalue weighted by molar-refractivity contribution is 5.81. The van der Waals surface area contributed by atoms with Crippen LogP contribution in [0, 0.1) is 6.92 Å². The third-order valence-electron chi connectivity index (χ3n) is 5.48. The molecule has 0 aromatic carbocycles. The second kappa shape index (κ2) is 6.06. The minimum atomic E-state index is -0.103. The predicted octanol–water partition coefficient (Wildman–Crippen LogP) is 2.62.